The van der Waals surface area contributed by atoms with Gasteiger partial charge in [-0.1, -0.05) is 103 Å². The summed E-state index contributed by atoms with van der Waals surface area (Å²) in [4.78, 5) is 0. The second-order valence-corrected chi connectivity index (χ2v) is 8.43. The van der Waals surface area contributed by atoms with E-state index in [1.807, 2.05) is 0 Å². The molecule has 6 rings (SSSR count). The number of halogens is 2. The largest absolute Gasteiger partial charge is 2.00 e. The minimum absolute atomic E-state index is 0. The summed E-state index contributed by atoms with van der Waals surface area (Å²) in [5.74, 6) is 0.726. The van der Waals surface area contributed by atoms with Crippen molar-refractivity contribution >= 4 is 11.1 Å². The van der Waals surface area contributed by atoms with Crippen LogP contribution in [0.5, 0.6) is 0 Å². The van der Waals surface area contributed by atoms with E-state index in [0.717, 1.165) is 12.8 Å². The van der Waals surface area contributed by atoms with Crippen molar-refractivity contribution < 1.29 is 51.0 Å². The molecule has 3 aliphatic carbocycles. The van der Waals surface area contributed by atoms with Gasteiger partial charge in [0, 0.05) is 11.8 Å². The molecule has 162 valence electrons. The first kappa shape index (κ1) is 25.7. The van der Waals surface area contributed by atoms with Crippen LogP contribution in [0.1, 0.15) is 29.0 Å². The van der Waals surface area contributed by atoms with E-state index in [-0.39, 0.29) is 51.0 Å². The predicted octanol–water partition coefficient (Wildman–Crippen LogP) is -0.320. The van der Waals surface area contributed by atoms with Crippen LogP contribution >= 0.6 is 0 Å². The van der Waals surface area contributed by atoms with Gasteiger partial charge in [-0.05, 0) is 56.7 Å². The van der Waals surface area contributed by atoms with Gasteiger partial charge < -0.3 is 24.8 Å². The van der Waals surface area contributed by atoms with Crippen LogP contribution in [0.4, 0.5) is 0 Å². The van der Waals surface area contributed by atoms with Gasteiger partial charge in [0.1, 0.15) is 0 Å². The van der Waals surface area contributed by atoms with E-state index in [4.69, 9.17) is 0 Å². The molecule has 2 atom stereocenters. The van der Waals surface area contributed by atoms with Crippen molar-refractivity contribution in [3.8, 4) is 11.1 Å². The van der Waals surface area contributed by atoms with Gasteiger partial charge in [-0.25, -0.2) is 0 Å². The van der Waals surface area contributed by atoms with Crippen LogP contribution < -0.4 is 35.3 Å². The van der Waals surface area contributed by atoms with E-state index in [9.17, 15) is 0 Å². The first-order valence-corrected chi connectivity index (χ1v) is 10.9. The summed E-state index contributed by atoms with van der Waals surface area (Å²) in [7, 11) is 0. The van der Waals surface area contributed by atoms with E-state index in [1.165, 1.54) is 43.8 Å². The topological polar surface area (TPSA) is 0 Å². The standard InChI is InChI=1S/C30H24.2ClH.Zr/c1-2-21-22-11-3-8-16-27(22)29-17-9-10-20(30(21)29)18-19-28-25-14-6-4-12-23(25)24-13-5-7-15-26(24)28;;;/h2-17,21,25H,1,18-19H2;2*1H;/q;;;+2/p-2. The van der Waals surface area contributed by atoms with E-state index in [1.54, 1.807) is 5.57 Å². The Labute approximate surface area is 227 Å². The molecule has 0 amide bonds. The third kappa shape index (κ3) is 4.10. The van der Waals surface area contributed by atoms with Crippen molar-refractivity contribution in [2.45, 2.75) is 18.8 Å². The Balaban J connectivity index is 0.00000102. The zero-order chi connectivity index (χ0) is 20.1. The molecule has 0 fully saturated rings. The first-order valence-electron chi connectivity index (χ1n) is 10.9. The molecule has 3 aromatic rings. The summed E-state index contributed by atoms with van der Waals surface area (Å²) in [6.45, 7) is 4.18. The van der Waals surface area contributed by atoms with Gasteiger partial charge in [-0.15, -0.1) is 6.58 Å². The number of hydrogen-bond acceptors (Lipinski definition) is 0. The molecule has 0 heterocycles. The van der Waals surface area contributed by atoms with Crippen LogP contribution in [0.15, 0.2) is 104 Å². The smallest absolute Gasteiger partial charge is 1.00 e. The molecule has 0 spiro atoms. The van der Waals surface area contributed by atoms with E-state index in [2.05, 4.69) is 104 Å². The van der Waals surface area contributed by atoms with Crippen LogP contribution in [-0.2, 0) is 32.6 Å². The Morgan fingerprint density at radius 2 is 1.48 bits per heavy atom. The second kappa shape index (κ2) is 10.6. The van der Waals surface area contributed by atoms with E-state index >= 15 is 0 Å². The normalized spacial score (nSPS) is 18.2. The summed E-state index contributed by atoms with van der Waals surface area (Å²) in [6, 6.07) is 24.5. The average Bonchev–Trinajstić information content (AvgIpc) is 3.31. The fourth-order valence-electron chi connectivity index (χ4n) is 5.69. The van der Waals surface area contributed by atoms with Crippen LogP contribution in [0.2, 0.25) is 0 Å². The molecule has 0 aromatic heterocycles. The molecule has 2 unspecified atom stereocenters. The molecule has 0 saturated heterocycles. The summed E-state index contributed by atoms with van der Waals surface area (Å²) >= 11 is 0. The molecular weight excluding hydrogens is 522 g/mol. The van der Waals surface area contributed by atoms with Crippen molar-refractivity contribution in [3.05, 3.63) is 131 Å². The maximum atomic E-state index is 4.18. The van der Waals surface area contributed by atoms with Gasteiger partial charge in [0.05, 0.1) is 0 Å². The fourth-order valence-corrected chi connectivity index (χ4v) is 5.69. The average molecular weight is 547 g/mol. The van der Waals surface area contributed by atoms with Gasteiger partial charge in [0.2, 0.25) is 0 Å². The van der Waals surface area contributed by atoms with Crippen LogP contribution in [0.3, 0.4) is 0 Å². The minimum Gasteiger partial charge on any atom is -1.00 e. The quantitative estimate of drug-likeness (QED) is 0.394. The Hall–Kier alpha value is -1.92. The molecule has 0 saturated carbocycles. The van der Waals surface area contributed by atoms with Crippen LogP contribution in [0.25, 0.3) is 22.3 Å². The first-order chi connectivity index (χ1) is 14.9. The number of benzene rings is 3. The van der Waals surface area contributed by atoms with Crippen molar-refractivity contribution in [2.24, 2.45) is 5.92 Å². The number of allylic oxidation sites excluding steroid dienone is 5. The molecule has 0 aliphatic heterocycles. The molecule has 33 heavy (non-hydrogen) atoms. The van der Waals surface area contributed by atoms with Crippen molar-refractivity contribution in [1.82, 2.24) is 0 Å². The Morgan fingerprint density at radius 1 is 0.758 bits per heavy atom. The summed E-state index contributed by atoms with van der Waals surface area (Å²) in [5.41, 5.74) is 10.1. The fraction of sp³-hybridized carbons (Fsp3) is 0.133. The van der Waals surface area contributed by atoms with E-state index in [0.29, 0.717) is 11.8 Å². The molecule has 3 aromatic carbocycles. The van der Waals surface area contributed by atoms with Gasteiger partial charge in [0.15, 0.2) is 0 Å². The van der Waals surface area contributed by atoms with Crippen LogP contribution in [-0.4, -0.2) is 0 Å². The molecule has 3 heteroatoms. The SMILES string of the molecule is C=CC1c2ccccc2-c2cccc(CCC3=c4ccccc4=C4C=CC=CC43)c21.[Cl-].[Cl-].[Zr+2]. The Morgan fingerprint density at radius 3 is 2.30 bits per heavy atom. The molecule has 0 bridgehead atoms. The number of hydrogen-bond donors (Lipinski definition) is 0. The number of aryl methyl sites for hydroxylation is 1. The molecule has 0 radical (unpaired) electrons. The third-order valence-electron chi connectivity index (χ3n) is 6.98. The van der Waals surface area contributed by atoms with Gasteiger partial charge in [0.25, 0.3) is 0 Å². The molecular formula is C30H24Cl2Zr. The van der Waals surface area contributed by atoms with Crippen molar-refractivity contribution in [3.63, 3.8) is 0 Å². The molecule has 3 aliphatic rings. The summed E-state index contributed by atoms with van der Waals surface area (Å²) in [5, 5.41) is 2.84. The van der Waals surface area contributed by atoms with Gasteiger partial charge in [-0.3, -0.25) is 0 Å². The monoisotopic (exact) mass is 544 g/mol. The van der Waals surface area contributed by atoms with Gasteiger partial charge in [-0.2, -0.15) is 0 Å². The van der Waals surface area contributed by atoms with Crippen LogP contribution in [0, 0.1) is 5.92 Å². The minimum atomic E-state index is 0. The molecule has 0 nitrogen and oxygen atoms in total. The maximum Gasteiger partial charge on any atom is 2.00 e. The van der Waals surface area contributed by atoms with Crippen molar-refractivity contribution in [2.75, 3.05) is 0 Å². The summed E-state index contributed by atoms with van der Waals surface area (Å²) in [6.07, 6.45) is 13.3. The van der Waals surface area contributed by atoms with Gasteiger partial charge >= 0.3 is 26.2 Å². The number of rotatable bonds is 4. The summed E-state index contributed by atoms with van der Waals surface area (Å²) < 4.78 is 0. The second-order valence-electron chi connectivity index (χ2n) is 8.43. The molecule has 0 N–H and O–H groups in total. The van der Waals surface area contributed by atoms with E-state index < -0.39 is 0 Å². The Bertz CT molecular complexity index is 1380. The van der Waals surface area contributed by atoms with Crippen molar-refractivity contribution in [1.29, 1.82) is 0 Å². The maximum absolute atomic E-state index is 4.18. The zero-order valence-corrected chi connectivity index (χ0v) is 22.2. The zero-order valence-electron chi connectivity index (χ0n) is 18.3. The third-order valence-corrected chi connectivity index (χ3v) is 6.98. The Kier molecular flexibility index (Phi) is 8.23. The predicted molar refractivity (Wildman–Crippen MR) is 127 cm³/mol. The number of fused-ring (bicyclic) bond motifs is 5.